The number of ether oxygens (including phenoxy) is 2. The normalized spacial score (nSPS) is 14.6. The Bertz CT molecular complexity index is 946. The van der Waals surface area contributed by atoms with E-state index in [1.807, 2.05) is 24.3 Å². The van der Waals surface area contributed by atoms with Gasteiger partial charge in [-0.05, 0) is 37.1 Å². The number of amides is 3. The Kier molecular flexibility index (Phi) is 7.61. The average molecular weight is 425 g/mol. The Morgan fingerprint density at radius 3 is 2.61 bits per heavy atom. The quantitative estimate of drug-likeness (QED) is 0.665. The van der Waals surface area contributed by atoms with Crippen molar-refractivity contribution in [2.75, 3.05) is 37.5 Å². The molecule has 0 aromatic heterocycles. The molecule has 1 heterocycles. The molecule has 31 heavy (non-hydrogen) atoms. The summed E-state index contributed by atoms with van der Waals surface area (Å²) in [4.78, 5) is 38.5. The number of hydrogen-bond acceptors (Lipinski definition) is 5. The molecule has 2 aromatic rings. The molecule has 1 aliphatic heterocycles. The highest BCUT2D eigenvalue weighted by atomic mass is 16.5. The standard InChI is InChI=1S/C23H27N3O5/c1-30-19-11-4-3-10-18(19)20(31-2)15-24-22(28)23(29)25-16-8-7-9-17(14-16)26-13-6-5-12-21(26)27/h3-4,7-11,14,20H,5-6,12-13,15H2,1-2H3,(H,24,28)(H,25,29)/t20-/m0/s1. The molecule has 0 bridgehead atoms. The molecule has 8 nitrogen and oxygen atoms in total. The minimum atomic E-state index is -0.794. The van der Waals surface area contributed by atoms with Crippen LogP contribution in [0.3, 0.4) is 0 Å². The number of carbonyl (C=O) groups is 3. The Labute approximate surface area is 181 Å². The van der Waals surface area contributed by atoms with Crippen LogP contribution < -0.4 is 20.3 Å². The Hall–Kier alpha value is -3.39. The first-order valence-corrected chi connectivity index (χ1v) is 10.2. The number of hydrogen-bond donors (Lipinski definition) is 2. The van der Waals surface area contributed by atoms with Crippen LogP contribution in [0, 0.1) is 0 Å². The van der Waals surface area contributed by atoms with E-state index in [-0.39, 0.29) is 12.5 Å². The van der Waals surface area contributed by atoms with Crippen molar-refractivity contribution in [1.82, 2.24) is 5.32 Å². The Balaban J connectivity index is 1.60. The molecule has 0 aliphatic carbocycles. The van der Waals surface area contributed by atoms with Gasteiger partial charge in [0.25, 0.3) is 0 Å². The highest BCUT2D eigenvalue weighted by Crippen LogP contribution is 2.26. The van der Waals surface area contributed by atoms with E-state index in [1.54, 1.807) is 36.3 Å². The zero-order valence-electron chi connectivity index (χ0n) is 17.7. The summed E-state index contributed by atoms with van der Waals surface area (Å²) in [5.74, 6) is -0.875. The maximum absolute atomic E-state index is 12.4. The molecule has 1 saturated heterocycles. The summed E-state index contributed by atoms with van der Waals surface area (Å²) in [6.07, 6.45) is 1.88. The van der Waals surface area contributed by atoms with Crippen LogP contribution >= 0.6 is 0 Å². The van der Waals surface area contributed by atoms with Crippen LogP contribution in [0.5, 0.6) is 5.75 Å². The van der Waals surface area contributed by atoms with Crippen molar-refractivity contribution in [3.05, 3.63) is 54.1 Å². The van der Waals surface area contributed by atoms with Crippen LogP contribution in [-0.2, 0) is 19.1 Å². The van der Waals surface area contributed by atoms with Crippen LogP contribution in [0.15, 0.2) is 48.5 Å². The van der Waals surface area contributed by atoms with Crippen molar-refractivity contribution in [3.63, 3.8) is 0 Å². The van der Waals surface area contributed by atoms with Gasteiger partial charge in [-0.2, -0.15) is 0 Å². The summed E-state index contributed by atoms with van der Waals surface area (Å²) >= 11 is 0. The number of benzene rings is 2. The molecule has 0 spiro atoms. The fourth-order valence-electron chi connectivity index (χ4n) is 3.54. The molecular formula is C23H27N3O5. The second-order valence-corrected chi connectivity index (χ2v) is 7.18. The monoisotopic (exact) mass is 425 g/mol. The number of methoxy groups -OCH3 is 2. The highest BCUT2D eigenvalue weighted by Gasteiger charge is 2.22. The number of nitrogens with one attached hydrogen (secondary N) is 2. The van der Waals surface area contributed by atoms with E-state index in [0.717, 1.165) is 18.4 Å². The van der Waals surface area contributed by atoms with Gasteiger partial charge in [0.1, 0.15) is 11.9 Å². The van der Waals surface area contributed by atoms with E-state index in [1.165, 1.54) is 7.11 Å². The molecule has 1 atom stereocenters. The van der Waals surface area contributed by atoms with Crippen LogP contribution in [0.25, 0.3) is 0 Å². The number of para-hydroxylation sites is 1. The van der Waals surface area contributed by atoms with Crippen molar-refractivity contribution >= 4 is 29.1 Å². The van der Waals surface area contributed by atoms with Gasteiger partial charge in [0.2, 0.25) is 5.91 Å². The highest BCUT2D eigenvalue weighted by molar-refractivity contribution is 6.39. The van der Waals surface area contributed by atoms with E-state index in [4.69, 9.17) is 9.47 Å². The molecule has 1 fully saturated rings. The predicted octanol–water partition coefficient (Wildman–Crippen LogP) is 2.65. The largest absolute Gasteiger partial charge is 0.496 e. The van der Waals surface area contributed by atoms with Gasteiger partial charge in [-0.25, -0.2) is 0 Å². The fraction of sp³-hybridized carbons (Fsp3) is 0.348. The molecule has 164 valence electrons. The first-order chi connectivity index (χ1) is 15.0. The minimum absolute atomic E-state index is 0.0643. The third kappa shape index (κ3) is 5.61. The van der Waals surface area contributed by atoms with Crippen molar-refractivity contribution < 1.29 is 23.9 Å². The number of carbonyl (C=O) groups excluding carboxylic acids is 3. The lowest BCUT2D eigenvalue weighted by Gasteiger charge is -2.27. The summed E-state index contributed by atoms with van der Waals surface area (Å²) in [6, 6.07) is 14.3. The smallest absolute Gasteiger partial charge is 0.313 e. The molecule has 8 heteroatoms. The fourth-order valence-corrected chi connectivity index (χ4v) is 3.54. The van der Waals surface area contributed by atoms with E-state index >= 15 is 0 Å². The first-order valence-electron chi connectivity index (χ1n) is 10.2. The number of rotatable bonds is 7. The SMILES string of the molecule is COc1ccccc1[C@H](CNC(=O)C(=O)Nc1cccc(N2CCCCC2=O)c1)OC. The van der Waals surface area contributed by atoms with E-state index in [9.17, 15) is 14.4 Å². The van der Waals surface area contributed by atoms with E-state index in [0.29, 0.717) is 30.1 Å². The third-order valence-electron chi connectivity index (χ3n) is 5.16. The maximum Gasteiger partial charge on any atom is 0.313 e. The van der Waals surface area contributed by atoms with Gasteiger partial charge in [-0.1, -0.05) is 24.3 Å². The van der Waals surface area contributed by atoms with Gasteiger partial charge >= 0.3 is 11.8 Å². The average Bonchev–Trinajstić information content (AvgIpc) is 2.80. The molecule has 0 radical (unpaired) electrons. The van der Waals surface area contributed by atoms with Gasteiger partial charge in [0.15, 0.2) is 0 Å². The lowest BCUT2D eigenvalue weighted by Crippen LogP contribution is -2.38. The van der Waals surface area contributed by atoms with Crippen LogP contribution in [0.4, 0.5) is 11.4 Å². The van der Waals surface area contributed by atoms with Crippen LogP contribution in [0.1, 0.15) is 30.9 Å². The predicted molar refractivity (Wildman–Crippen MR) is 117 cm³/mol. The summed E-state index contributed by atoms with van der Waals surface area (Å²) in [5.41, 5.74) is 1.93. The van der Waals surface area contributed by atoms with Gasteiger partial charge in [-0.15, -0.1) is 0 Å². The summed E-state index contributed by atoms with van der Waals surface area (Å²) in [6.45, 7) is 0.753. The van der Waals surface area contributed by atoms with Crippen molar-refractivity contribution in [3.8, 4) is 5.75 Å². The lowest BCUT2D eigenvalue weighted by molar-refractivity contribution is -0.136. The lowest BCUT2D eigenvalue weighted by atomic mass is 10.1. The summed E-state index contributed by atoms with van der Waals surface area (Å²) in [7, 11) is 3.08. The van der Waals surface area contributed by atoms with Gasteiger partial charge in [0, 0.05) is 43.6 Å². The summed E-state index contributed by atoms with van der Waals surface area (Å²) < 4.78 is 10.8. The zero-order chi connectivity index (χ0) is 22.2. The molecule has 2 N–H and O–H groups in total. The van der Waals surface area contributed by atoms with Crippen LogP contribution in [0.2, 0.25) is 0 Å². The third-order valence-corrected chi connectivity index (χ3v) is 5.16. The van der Waals surface area contributed by atoms with Gasteiger partial charge < -0.3 is 25.0 Å². The van der Waals surface area contributed by atoms with Crippen LogP contribution in [-0.4, -0.2) is 45.0 Å². The number of piperidine rings is 1. The summed E-state index contributed by atoms with van der Waals surface area (Å²) in [5, 5.41) is 5.18. The van der Waals surface area contributed by atoms with Crippen molar-refractivity contribution in [1.29, 1.82) is 0 Å². The number of anilines is 2. The number of nitrogens with zero attached hydrogens (tertiary/aromatic N) is 1. The zero-order valence-corrected chi connectivity index (χ0v) is 17.7. The van der Waals surface area contributed by atoms with E-state index < -0.39 is 17.9 Å². The molecule has 2 aromatic carbocycles. The molecular weight excluding hydrogens is 398 g/mol. The second kappa shape index (κ2) is 10.6. The van der Waals surface area contributed by atoms with Crippen molar-refractivity contribution in [2.24, 2.45) is 0 Å². The molecule has 0 unspecified atom stereocenters. The molecule has 1 aliphatic rings. The van der Waals surface area contributed by atoms with Gasteiger partial charge in [-0.3, -0.25) is 14.4 Å². The molecule has 3 rings (SSSR count). The van der Waals surface area contributed by atoms with Crippen molar-refractivity contribution in [2.45, 2.75) is 25.4 Å². The minimum Gasteiger partial charge on any atom is -0.496 e. The topological polar surface area (TPSA) is 97.0 Å². The Morgan fingerprint density at radius 1 is 1.06 bits per heavy atom. The maximum atomic E-state index is 12.4. The van der Waals surface area contributed by atoms with Gasteiger partial charge in [0.05, 0.1) is 7.11 Å². The second-order valence-electron chi connectivity index (χ2n) is 7.18. The Morgan fingerprint density at radius 2 is 1.87 bits per heavy atom. The molecule has 0 saturated carbocycles. The first kappa shape index (κ1) is 22.3. The molecule has 3 amide bonds. The van der Waals surface area contributed by atoms with E-state index in [2.05, 4.69) is 10.6 Å².